The average molecular weight is 276 g/mol. The van der Waals surface area contributed by atoms with Crippen molar-refractivity contribution in [2.75, 3.05) is 31.6 Å². The fourth-order valence-corrected chi connectivity index (χ4v) is 2.51. The Hall–Kier alpha value is -1.88. The highest BCUT2D eigenvalue weighted by atomic mass is 16.4. The first-order valence-electron chi connectivity index (χ1n) is 6.91. The van der Waals surface area contributed by atoms with Gasteiger partial charge in [0.25, 0.3) is 0 Å². The molecule has 0 spiro atoms. The zero-order chi connectivity index (χ0) is 14.5. The lowest BCUT2D eigenvalue weighted by molar-refractivity contribution is -0.118. The number of anilines is 1. The number of aromatic carboxylic acids is 1. The second kappa shape index (κ2) is 6.52. The van der Waals surface area contributed by atoms with Crippen LogP contribution in [0.5, 0.6) is 0 Å². The molecule has 1 N–H and O–H groups in total. The first-order chi connectivity index (χ1) is 9.59. The van der Waals surface area contributed by atoms with Gasteiger partial charge in [0.05, 0.1) is 11.3 Å². The Kier molecular flexibility index (Phi) is 4.74. The summed E-state index contributed by atoms with van der Waals surface area (Å²) in [6.45, 7) is 2.86. The lowest BCUT2D eigenvalue weighted by Crippen LogP contribution is -2.31. The molecule has 0 radical (unpaired) electrons. The van der Waals surface area contributed by atoms with Crippen molar-refractivity contribution >= 4 is 17.6 Å². The molecule has 1 saturated heterocycles. The highest BCUT2D eigenvalue weighted by Gasteiger charge is 2.19. The van der Waals surface area contributed by atoms with Crippen LogP contribution in [-0.4, -0.2) is 48.6 Å². The molecule has 1 amide bonds. The predicted octanol–water partition coefficient (Wildman–Crippen LogP) is 1.83. The van der Waals surface area contributed by atoms with Crippen molar-refractivity contribution in [2.24, 2.45) is 0 Å². The van der Waals surface area contributed by atoms with Crippen LogP contribution in [0.2, 0.25) is 0 Å². The Morgan fingerprint density at radius 3 is 2.55 bits per heavy atom. The summed E-state index contributed by atoms with van der Waals surface area (Å²) in [6, 6.07) is 6.58. The van der Waals surface area contributed by atoms with Crippen molar-refractivity contribution in [3.8, 4) is 0 Å². The van der Waals surface area contributed by atoms with E-state index in [9.17, 15) is 9.59 Å². The molecular weight excluding hydrogens is 256 g/mol. The Morgan fingerprint density at radius 1 is 1.25 bits per heavy atom. The maximum Gasteiger partial charge on any atom is 0.337 e. The molecule has 2 rings (SSSR count). The van der Waals surface area contributed by atoms with E-state index in [1.54, 1.807) is 25.2 Å². The van der Waals surface area contributed by atoms with E-state index in [2.05, 4.69) is 4.90 Å². The molecule has 0 saturated carbocycles. The summed E-state index contributed by atoms with van der Waals surface area (Å²) in [5.41, 5.74) is 0.607. The van der Waals surface area contributed by atoms with E-state index in [4.69, 9.17) is 5.11 Å². The number of rotatable bonds is 5. The highest BCUT2D eigenvalue weighted by molar-refractivity contribution is 6.01. The van der Waals surface area contributed by atoms with Crippen LogP contribution >= 0.6 is 0 Å². The van der Waals surface area contributed by atoms with Crippen LogP contribution in [0, 0.1) is 0 Å². The maximum atomic E-state index is 12.2. The number of carboxylic acid groups (broad SMARTS) is 1. The van der Waals surface area contributed by atoms with Gasteiger partial charge < -0.3 is 14.9 Å². The van der Waals surface area contributed by atoms with Crippen LogP contribution in [0.15, 0.2) is 24.3 Å². The molecule has 0 atom stereocenters. The van der Waals surface area contributed by atoms with Gasteiger partial charge in [-0.05, 0) is 38.1 Å². The van der Waals surface area contributed by atoms with Gasteiger partial charge in [0, 0.05) is 20.0 Å². The summed E-state index contributed by atoms with van der Waals surface area (Å²) in [6.07, 6.45) is 2.82. The van der Waals surface area contributed by atoms with Crippen LogP contribution in [0.25, 0.3) is 0 Å². The Labute approximate surface area is 118 Å². The summed E-state index contributed by atoms with van der Waals surface area (Å²) in [4.78, 5) is 27.1. The summed E-state index contributed by atoms with van der Waals surface area (Å²) in [7, 11) is 1.63. The topological polar surface area (TPSA) is 60.9 Å². The van der Waals surface area contributed by atoms with Crippen molar-refractivity contribution in [1.82, 2.24) is 4.90 Å². The number of hydrogen-bond acceptors (Lipinski definition) is 3. The minimum atomic E-state index is -1.01. The largest absolute Gasteiger partial charge is 0.478 e. The fraction of sp³-hybridized carbons (Fsp3) is 0.467. The number of carbonyl (C=O) groups is 2. The third-order valence-electron chi connectivity index (χ3n) is 3.71. The first-order valence-corrected chi connectivity index (χ1v) is 6.91. The molecule has 1 heterocycles. The Morgan fingerprint density at radius 2 is 1.90 bits per heavy atom. The molecule has 20 heavy (non-hydrogen) atoms. The molecule has 1 aliphatic rings. The number of likely N-dealkylation sites (tertiary alicyclic amines) is 1. The van der Waals surface area contributed by atoms with E-state index in [0.717, 1.165) is 19.6 Å². The number of carboxylic acids is 1. The van der Waals surface area contributed by atoms with E-state index >= 15 is 0 Å². The Balaban J connectivity index is 2.00. The van der Waals surface area contributed by atoms with Crippen LogP contribution in [0.3, 0.4) is 0 Å². The van der Waals surface area contributed by atoms with E-state index in [-0.39, 0.29) is 11.5 Å². The third-order valence-corrected chi connectivity index (χ3v) is 3.71. The van der Waals surface area contributed by atoms with Crippen molar-refractivity contribution in [3.63, 3.8) is 0 Å². The predicted molar refractivity (Wildman–Crippen MR) is 77.1 cm³/mol. The summed E-state index contributed by atoms with van der Waals surface area (Å²) >= 11 is 0. The van der Waals surface area contributed by atoms with Gasteiger partial charge >= 0.3 is 5.97 Å². The van der Waals surface area contributed by atoms with Crippen molar-refractivity contribution in [2.45, 2.75) is 19.3 Å². The van der Waals surface area contributed by atoms with Gasteiger partial charge in [-0.3, -0.25) is 4.79 Å². The van der Waals surface area contributed by atoms with Gasteiger partial charge in [0.15, 0.2) is 0 Å². The second-order valence-electron chi connectivity index (χ2n) is 5.07. The van der Waals surface area contributed by atoms with Crippen molar-refractivity contribution < 1.29 is 14.7 Å². The number of benzene rings is 1. The summed E-state index contributed by atoms with van der Waals surface area (Å²) in [5, 5.41) is 9.15. The molecule has 0 aromatic heterocycles. The van der Waals surface area contributed by atoms with Gasteiger partial charge in [0.2, 0.25) is 5.91 Å². The zero-order valence-electron chi connectivity index (χ0n) is 11.7. The minimum absolute atomic E-state index is 0.0504. The molecule has 5 nitrogen and oxygen atoms in total. The lowest BCUT2D eigenvalue weighted by Gasteiger charge is -2.21. The fourth-order valence-electron chi connectivity index (χ4n) is 2.51. The highest BCUT2D eigenvalue weighted by Crippen LogP contribution is 2.20. The first kappa shape index (κ1) is 14.5. The summed E-state index contributed by atoms with van der Waals surface area (Å²) in [5.74, 6) is -1.06. The van der Waals surface area contributed by atoms with Crippen molar-refractivity contribution in [1.29, 1.82) is 0 Å². The molecule has 1 aliphatic heterocycles. The van der Waals surface area contributed by atoms with E-state index < -0.39 is 5.97 Å². The number of hydrogen-bond donors (Lipinski definition) is 1. The van der Waals surface area contributed by atoms with Crippen LogP contribution in [-0.2, 0) is 4.79 Å². The van der Waals surface area contributed by atoms with Crippen LogP contribution in [0.1, 0.15) is 29.6 Å². The number of para-hydroxylation sites is 1. The second-order valence-corrected chi connectivity index (χ2v) is 5.07. The number of nitrogens with zero attached hydrogens (tertiary/aromatic N) is 2. The zero-order valence-corrected chi connectivity index (χ0v) is 11.7. The van der Waals surface area contributed by atoms with Gasteiger partial charge in [-0.2, -0.15) is 0 Å². The maximum absolute atomic E-state index is 12.2. The van der Waals surface area contributed by atoms with Gasteiger partial charge in [-0.25, -0.2) is 4.79 Å². The number of amides is 1. The molecule has 0 unspecified atom stereocenters. The normalized spacial score (nSPS) is 15.2. The minimum Gasteiger partial charge on any atom is -0.478 e. The van der Waals surface area contributed by atoms with Crippen molar-refractivity contribution in [3.05, 3.63) is 29.8 Å². The average Bonchev–Trinajstić information content (AvgIpc) is 2.97. The molecule has 1 aromatic carbocycles. The van der Waals surface area contributed by atoms with Crippen LogP contribution < -0.4 is 4.90 Å². The smallest absolute Gasteiger partial charge is 0.337 e. The molecule has 108 valence electrons. The third kappa shape index (κ3) is 3.36. The number of carbonyl (C=O) groups excluding carboxylic acids is 1. The molecule has 1 aromatic rings. The monoisotopic (exact) mass is 276 g/mol. The Bertz CT molecular complexity index is 496. The molecule has 5 heteroatoms. The molecular formula is C15H20N2O3. The summed E-state index contributed by atoms with van der Waals surface area (Å²) < 4.78 is 0. The molecule has 1 fully saturated rings. The van der Waals surface area contributed by atoms with Crippen LogP contribution in [0.4, 0.5) is 5.69 Å². The quantitative estimate of drug-likeness (QED) is 0.891. The lowest BCUT2D eigenvalue weighted by atomic mass is 10.1. The molecule has 0 bridgehead atoms. The molecule has 0 aliphatic carbocycles. The van der Waals surface area contributed by atoms with Gasteiger partial charge in [-0.15, -0.1) is 0 Å². The van der Waals surface area contributed by atoms with Gasteiger partial charge in [-0.1, -0.05) is 12.1 Å². The van der Waals surface area contributed by atoms with E-state index in [1.165, 1.54) is 23.8 Å². The van der Waals surface area contributed by atoms with E-state index in [0.29, 0.717) is 12.1 Å². The van der Waals surface area contributed by atoms with E-state index in [1.807, 2.05) is 0 Å². The SMILES string of the molecule is CN(C(=O)CCN1CCCC1)c1ccccc1C(=O)O. The van der Waals surface area contributed by atoms with Gasteiger partial charge in [0.1, 0.15) is 0 Å². The standard InChI is InChI=1S/C15H20N2O3/c1-16(13-7-3-2-6-12(13)15(19)20)14(18)8-11-17-9-4-5-10-17/h2-3,6-7H,4-5,8-11H2,1H3,(H,19,20).